The molecule has 2 rings (SSSR count). The van der Waals surface area contributed by atoms with E-state index in [9.17, 15) is 23.1 Å². The van der Waals surface area contributed by atoms with E-state index in [0.717, 1.165) is 23.0 Å². The second-order valence-corrected chi connectivity index (χ2v) is 4.27. The van der Waals surface area contributed by atoms with E-state index in [2.05, 4.69) is 10.3 Å². The van der Waals surface area contributed by atoms with Gasteiger partial charge in [-0.05, 0) is 17.7 Å². The second kappa shape index (κ2) is 5.52. The lowest BCUT2D eigenvalue weighted by atomic mass is 10.1. The predicted molar refractivity (Wildman–Crippen MR) is 63.4 cm³/mol. The summed E-state index contributed by atoms with van der Waals surface area (Å²) in [5, 5.41) is 25.4. The second-order valence-electron chi connectivity index (χ2n) is 4.27. The van der Waals surface area contributed by atoms with Gasteiger partial charge in [0, 0.05) is 0 Å². The Labute approximate surface area is 116 Å². The number of halogens is 3. The van der Waals surface area contributed by atoms with Crippen molar-refractivity contribution in [1.82, 2.24) is 15.0 Å². The lowest BCUT2D eigenvalue weighted by molar-refractivity contribution is -0.137. The molecule has 0 aliphatic carbocycles. The minimum atomic E-state index is -4.50. The molecule has 1 atom stereocenters. The standard InChI is InChI=1S/C12H10F3N3O3/c13-12(14,15)8-3-1-2-7(4-8)10(19)6-18-5-9(11(20)21)16-17-18/h1-5,10,19H,6H2,(H,20,21). The van der Waals surface area contributed by atoms with E-state index in [0.29, 0.717) is 0 Å². The van der Waals surface area contributed by atoms with Gasteiger partial charge in [0.1, 0.15) is 0 Å². The number of rotatable bonds is 4. The Balaban J connectivity index is 2.16. The van der Waals surface area contributed by atoms with E-state index in [4.69, 9.17) is 5.11 Å². The molecule has 0 amide bonds. The molecule has 0 aliphatic heterocycles. The first-order valence-corrected chi connectivity index (χ1v) is 5.76. The molecule has 0 aliphatic rings. The molecule has 0 bridgehead atoms. The van der Waals surface area contributed by atoms with Crippen molar-refractivity contribution in [2.75, 3.05) is 0 Å². The van der Waals surface area contributed by atoms with Crippen molar-refractivity contribution >= 4 is 5.97 Å². The van der Waals surface area contributed by atoms with Crippen molar-refractivity contribution in [3.63, 3.8) is 0 Å². The average Bonchev–Trinajstić information content (AvgIpc) is 2.86. The molecule has 0 fully saturated rings. The third kappa shape index (κ3) is 3.57. The van der Waals surface area contributed by atoms with Crippen molar-refractivity contribution in [3.8, 4) is 0 Å². The van der Waals surface area contributed by atoms with E-state index >= 15 is 0 Å². The summed E-state index contributed by atoms with van der Waals surface area (Å²) < 4.78 is 38.8. The molecule has 1 heterocycles. The molecule has 1 unspecified atom stereocenters. The number of carboxylic acid groups (broad SMARTS) is 1. The Morgan fingerprint density at radius 2 is 2.10 bits per heavy atom. The number of alkyl halides is 3. The Hall–Kier alpha value is -2.42. The predicted octanol–water partition coefficient (Wildman–Crippen LogP) is 1.73. The maximum absolute atomic E-state index is 12.6. The summed E-state index contributed by atoms with van der Waals surface area (Å²) in [7, 11) is 0. The van der Waals surface area contributed by atoms with Crippen LogP contribution < -0.4 is 0 Å². The molecule has 0 saturated heterocycles. The number of aliphatic hydroxyl groups is 1. The van der Waals surface area contributed by atoms with Gasteiger partial charge in [0.2, 0.25) is 0 Å². The maximum Gasteiger partial charge on any atom is 0.416 e. The highest BCUT2D eigenvalue weighted by Crippen LogP contribution is 2.30. The number of hydrogen-bond acceptors (Lipinski definition) is 4. The van der Waals surface area contributed by atoms with Gasteiger partial charge in [0.25, 0.3) is 0 Å². The first-order valence-electron chi connectivity index (χ1n) is 5.76. The van der Waals surface area contributed by atoms with Crippen LogP contribution in [-0.2, 0) is 12.7 Å². The Kier molecular flexibility index (Phi) is 3.94. The van der Waals surface area contributed by atoms with Gasteiger partial charge in [-0.1, -0.05) is 17.3 Å². The van der Waals surface area contributed by atoms with Crippen LogP contribution in [0.15, 0.2) is 30.5 Å². The van der Waals surface area contributed by atoms with Gasteiger partial charge in [0.15, 0.2) is 5.69 Å². The molecule has 0 spiro atoms. The highest BCUT2D eigenvalue weighted by molar-refractivity contribution is 5.84. The highest BCUT2D eigenvalue weighted by Gasteiger charge is 2.30. The van der Waals surface area contributed by atoms with Crippen molar-refractivity contribution < 1.29 is 28.2 Å². The van der Waals surface area contributed by atoms with Crippen LogP contribution in [0, 0.1) is 0 Å². The zero-order chi connectivity index (χ0) is 15.6. The van der Waals surface area contributed by atoms with Gasteiger partial charge in [-0.25, -0.2) is 9.48 Å². The lowest BCUT2D eigenvalue weighted by Crippen LogP contribution is -2.11. The van der Waals surface area contributed by atoms with Gasteiger partial charge in [-0.3, -0.25) is 0 Å². The summed E-state index contributed by atoms with van der Waals surface area (Å²) in [6.45, 7) is -0.207. The summed E-state index contributed by atoms with van der Waals surface area (Å²) >= 11 is 0. The fraction of sp³-hybridized carbons (Fsp3) is 0.250. The van der Waals surface area contributed by atoms with E-state index in [-0.39, 0.29) is 17.8 Å². The number of carbonyl (C=O) groups is 1. The molecule has 1 aromatic heterocycles. The molecule has 112 valence electrons. The number of hydrogen-bond donors (Lipinski definition) is 2. The normalized spacial score (nSPS) is 13.1. The zero-order valence-electron chi connectivity index (χ0n) is 10.4. The summed E-state index contributed by atoms with van der Waals surface area (Å²) in [6, 6.07) is 4.26. The van der Waals surface area contributed by atoms with Crippen molar-refractivity contribution in [2.45, 2.75) is 18.8 Å². The van der Waals surface area contributed by atoms with E-state index in [1.807, 2.05) is 0 Å². The largest absolute Gasteiger partial charge is 0.476 e. The quantitative estimate of drug-likeness (QED) is 0.898. The molecule has 21 heavy (non-hydrogen) atoms. The van der Waals surface area contributed by atoms with Crippen molar-refractivity contribution in [2.24, 2.45) is 0 Å². The van der Waals surface area contributed by atoms with Crippen LogP contribution in [0.3, 0.4) is 0 Å². The molecule has 6 nitrogen and oxygen atoms in total. The maximum atomic E-state index is 12.6. The van der Waals surface area contributed by atoms with E-state index in [1.54, 1.807) is 0 Å². The summed E-state index contributed by atoms with van der Waals surface area (Å²) in [4.78, 5) is 10.6. The van der Waals surface area contributed by atoms with Crippen molar-refractivity contribution in [3.05, 3.63) is 47.3 Å². The fourth-order valence-electron chi connectivity index (χ4n) is 1.69. The Morgan fingerprint density at radius 1 is 1.38 bits per heavy atom. The summed E-state index contributed by atoms with van der Waals surface area (Å²) in [5.41, 5.74) is -1.13. The zero-order valence-corrected chi connectivity index (χ0v) is 10.4. The van der Waals surface area contributed by atoms with Gasteiger partial charge in [-0.2, -0.15) is 13.2 Å². The van der Waals surface area contributed by atoms with Crippen LogP contribution in [0.2, 0.25) is 0 Å². The summed E-state index contributed by atoms with van der Waals surface area (Å²) in [5.74, 6) is -1.28. The van der Waals surface area contributed by atoms with Crippen LogP contribution in [-0.4, -0.2) is 31.2 Å². The number of aromatic nitrogens is 3. The van der Waals surface area contributed by atoms with Crippen molar-refractivity contribution in [1.29, 1.82) is 0 Å². The molecule has 0 saturated carbocycles. The first kappa shape index (κ1) is 15.0. The van der Waals surface area contributed by atoms with Gasteiger partial charge >= 0.3 is 12.1 Å². The number of aromatic carboxylic acids is 1. The number of carboxylic acids is 1. The van der Waals surface area contributed by atoms with E-state index < -0.39 is 23.8 Å². The number of aliphatic hydroxyl groups excluding tert-OH is 1. The average molecular weight is 301 g/mol. The third-order valence-electron chi connectivity index (χ3n) is 2.72. The van der Waals surface area contributed by atoms with Gasteiger partial charge in [0.05, 0.1) is 24.4 Å². The third-order valence-corrected chi connectivity index (χ3v) is 2.72. The lowest BCUT2D eigenvalue weighted by Gasteiger charge is -2.13. The minimum absolute atomic E-state index is 0.0530. The molecular weight excluding hydrogens is 291 g/mol. The first-order chi connectivity index (χ1) is 9.77. The topological polar surface area (TPSA) is 88.2 Å². The molecule has 2 aromatic rings. The van der Waals surface area contributed by atoms with Crippen LogP contribution in [0.1, 0.15) is 27.7 Å². The molecule has 1 aromatic carbocycles. The summed E-state index contributed by atoms with van der Waals surface area (Å²) in [6.07, 6.45) is -4.69. The number of nitrogens with zero attached hydrogens (tertiary/aromatic N) is 3. The molecule has 2 N–H and O–H groups in total. The smallest absolute Gasteiger partial charge is 0.416 e. The van der Waals surface area contributed by atoms with Crippen LogP contribution >= 0.6 is 0 Å². The van der Waals surface area contributed by atoms with Gasteiger partial charge in [-0.15, -0.1) is 5.10 Å². The van der Waals surface area contributed by atoms with E-state index in [1.165, 1.54) is 12.1 Å². The molecule has 9 heteroatoms. The highest BCUT2D eigenvalue weighted by atomic mass is 19.4. The van der Waals surface area contributed by atoms with Gasteiger partial charge < -0.3 is 10.2 Å². The minimum Gasteiger partial charge on any atom is -0.476 e. The Morgan fingerprint density at radius 3 is 2.67 bits per heavy atom. The van der Waals surface area contributed by atoms with Crippen LogP contribution in [0.4, 0.5) is 13.2 Å². The van der Waals surface area contributed by atoms with Crippen LogP contribution in [0.5, 0.6) is 0 Å². The SMILES string of the molecule is O=C(O)c1cn(CC(O)c2cccc(C(F)(F)F)c2)nn1. The molecular formula is C12H10F3N3O3. The number of benzene rings is 1. The molecule has 0 radical (unpaired) electrons. The van der Waals surface area contributed by atoms with Crippen LogP contribution in [0.25, 0.3) is 0 Å². The Bertz CT molecular complexity index is 654. The monoisotopic (exact) mass is 301 g/mol. The fourth-order valence-corrected chi connectivity index (χ4v) is 1.69.